The lowest BCUT2D eigenvalue weighted by atomic mass is 9.91. The van der Waals surface area contributed by atoms with Crippen LogP contribution in [0.4, 0.5) is 0 Å². The highest BCUT2D eigenvalue weighted by molar-refractivity contribution is 5.87. The summed E-state index contributed by atoms with van der Waals surface area (Å²) in [6, 6.07) is 1.74. The van der Waals surface area contributed by atoms with Crippen LogP contribution in [0.3, 0.4) is 0 Å². The lowest BCUT2D eigenvalue weighted by molar-refractivity contribution is -0.139. The highest BCUT2D eigenvalue weighted by Gasteiger charge is 2.19. The summed E-state index contributed by atoms with van der Waals surface area (Å²) >= 11 is 0. The number of nitrogens with one attached hydrogen (secondary N) is 1. The van der Waals surface area contributed by atoms with Gasteiger partial charge >= 0.3 is 5.97 Å². The maximum absolute atomic E-state index is 10.5. The summed E-state index contributed by atoms with van der Waals surface area (Å²) in [5.74, 6) is -0.770. The predicted octanol–water partition coefficient (Wildman–Crippen LogP) is 4.57. The number of hydrogen-bond acceptors (Lipinski definition) is 5. The lowest BCUT2D eigenvalue weighted by Gasteiger charge is -2.30. The summed E-state index contributed by atoms with van der Waals surface area (Å²) < 4.78 is 0. The summed E-state index contributed by atoms with van der Waals surface area (Å²) in [6.45, 7) is 3.18. The maximum Gasteiger partial charge on any atom is 0.372 e. The van der Waals surface area contributed by atoms with Crippen LogP contribution in [0.2, 0.25) is 0 Å². The van der Waals surface area contributed by atoms with Gasteiger partial charge in [0.05, 0.1) is 5.57 Å². The molecule has 2 fully saturated rings. The van der Waals surface area contributed by atoms with Crippen LogP contribution in [0.25, 0.3) is 0 Å². The van der Waals surface area contributed by atoms with Crippen molar-refractivity contribution >= 4 is 5.97 Å². The second-order valence-electron chi connectivity index (χ2n) is 6.35. The molecule has 0 aromatic rings. The van der Waals surface area contributed by atoms with E-state index in [1.807, 2.05) is 5.34 Å². The molecule has 5 heteroatoms. The number of rotatable bonds is 4. The fourth-order valence-corrected chi connectivity index (χ4v) is 3.25. The smallest absolute Gasteiger partial charge is 0.311 e. The third kappa shape index (κ3) is 8.68. The van der Waals surface area contributed by atoms with Gasteiger partial charge in [-0.2, -0.15) is 0 Å². The molecule has 0 aromatic heterocycles. The Kier molecular flexibility index (Phi) is 10.3. The summed E-state index contributed by atoms with van der Waals surface area (Å²) in [4.78, 5) is 23.6. The molecule has 23 heavy (non-hydrogen) atoms. The van der Waals surface area contributed by atoms with Gasteiger partial charge < -0.3 is 5.32 Å². The number of carbonyl (C=O) groups excluding carboxylic acids is 1. The van der Waals surface area contributed by atoms with Crippen molar-refractivity contribution in [3.63, 3.8) is 0 Å². The second-order valence-corrected chi connectivity index (χ2v) is 6.35. The zero-order valence-electron chi connectivity index (χ0n) is 14.5. The summed E-state index contributed by atoms with van der Waals surface area (Å²) in [5.41, 5.74) is 2.77. The molecule has 0 aromatic carbocycles. The molecule has 5 nitrogen and oxygen atoms in total. The maximum atomic E-state index is 10.5. The molecule has 1 N–H and O–H groups in total. The molecular weight excluding hydrogens is 292 g/mol. The standard InChI is InChI=1S/C12H23N.C6H7NO3/c1-3-7-11(8-4-1)13-12-9-5-2-6-10-12;1-3-4-5(2)6(8)10-7-9/h11-13H,1-10H2;3H,1-2H3. The van der Waals surface area contributed by atoms with Crippen LogP contribution >= 0.6 is 0 Å². The van der Waals surface area contributed by atoms with Crippen LogP contribution in [0.1, 0.15) is 78.1 Å². The molecule has 2 saturated carbocycles. The van der Waals surface area contributed by atoms with Gasteiger partial charge in [0.1, 0.15) is 0 Å². The molecule has 0 saturated heterocycles. The molecule has 0 bridgehead atoms. The van der Waals surface area contributed by atoms with Gasteiger partial charge in [0, 0.05) is 12.1 Å². The van der Waals surface area contributed by atoms with Gasteiger partial charge in [0.15, 0.2) is 5.34 Å². The molecule has 2 aliphatic carbocycles. The van der Waals surface area contributed by atoms with Gasteiger partial charge in [0.2, 0.25) is 0 Å². The molecule has 0 aliphatic heterocycles. The lowest BCUT2D eigenvalue weighted by Crippen LogP contribution is -2.40. The molecule has 0 heterocycles. The van der Waals surface area contributed by atoms with E-state index in [4.69, 9.17) is 0 Å². The van der Waals surface area contributed by atoms with E-state index in [0.29, 0.717) is 0 Å². The minimum atomic E-state index is -0.770. The van der Waals surface area contributed by atoms with Crippen LogP contribution in [0, 0.1) is 4.91 Å². The Morgan fingerprint density at radius 1 is 1.04 bits per heavy atom. The largest absolute Gasteiger partial charge is 0.372 e. The second kappa shape index (κ2) is 12.0. The summed E-state index contributed by atoms with van der Waals surface area (Å²) in [5, 5.41) is 5.82. The van der Waals surface area contributed by atoms with Crippen molar-refractivity contribution in [3.05, 3.63) is 22.3 Å². The van der Waals surface area contributed by atoms with E-state index in [9.17, 15) is 9.70 Å². The Labute approximate surface area is 139 Å². The number of hydrogen-bond donors (Lipinski definition) is 1. The normalized spacial score (nSPS) is 18.9. The SMILES string of the molecule is C1CCC(NC2CCCCC2)CC1.CC=C=C(C)C(=O)ON=O. The van der Waals surface area contributed by atoms with E-state index in [1.54, 1.807) is 13.0 Å². The topological polar surface area (TPSA) is 67.8 Å². The van der Waals surface area contributed by atoms with Crippen molar-refractivity contribution in [3.8, 4) is 0 Å². The highest BCUT2D eigenvalue weighted by Crippen LogP contribution is 2.22. The quantitative estimate of drug-likeness (QED) is 0.356. The van der Waals surface area contributed by atoms with Crippen molar-refractivity contribution in [1.82, 2.24) is 5.32 Å². The predicted molar refractivity (Wildman–Crippen MR) is 91.7 cm³/mol. The summed E-state index contributed by atoms with van der Waals surface area (Å²) in [7, 11) is 0. The highest BCUT2D eigenvalue weighted by atomic mass is 16.7. The molecule has 2 aliphatic rings. The van der Waals surface area contributed by atoms with Crippen molar-refractivity contribution < 1.29 is 9.63 Å². The molecule has 0 radical (unpaired) electrons. The van der Waals surface area contributed by atoms with Crippen LogP contribution in [0.5, 0.6) is 0 Å². The average Bonchev–Trinajstić information content (AvgIpc) is 2.58. The Balaban J connectivity index is 0.000000241. The van der Waals surface area contributed by atoms with Crippen molar-refractivity contribution in [2.45, 2.75) is 90.1 Å². The number of carbonyl (C=O) groups is 1. The van der Waals surface area contributed by atoms with E-state index in [0.717, 1.165) is 12.1 Å². The third-order valence-corrected chi connectivity index (χ3v) is 4.47. The van der Waals surface area contributed by atoms with Crippen LogP contribution in [-0.4, -0.2) is 18.1 Å². The van der Waals surface area contributed by atoms with E-state index in [1.165, 1.54) is 71.1 Å². The Hall–Kier alpha value is -1.45. The fraction of sp³-hybridized carbons (Fsp3) is 0.778. The number of nitrogens with zero attached hydrogens (tertiary/aromatic N) is 1. The van der Waals surface area contributed by atoms with Crippen LogP contribution < -0.4 is 5.32 Å². The molecule has 2 rings (SSSR count). The Morgan fingerprint density at radius 2 is 1.52 bits per heavy atom. The van der Waals surface area contributed by atoms with Gasteiger partial charge in [0.25, 0.3) is 0 Å². The van der Waals surface area contributed by atoms with E-state index >= 15 is 0 Å². The molecule has 0 amide bonds. The van der Waals surface area contributed by atoms with E-state index < -0.39 is 5.97 Å². The van der Waals surface area contributed by atoms with Gasteiger partial charge in [-0.25, -0.2) is 4.79 Å². The van der Waals surface area contributed by atoms with Gasteiger partial charge in [-0.3, -0.25) is 4.84 Å². The first-order valence-electron chi connectivity index (χ1n) is 8.85. The van der Waals surface area contributed by atoms with E-state index in [-0.39, 0.29) is 5.57 Å². The van der Waals surface area contributed by atoms with Crippen LogP contribution in [-0.2, 0) is 9.63 Å². The molecular formula is C18H30N2O3. The first-order valence-corrected chi connectivity index (χ1v) is 8.85. The molecule has 130 valence electrons. The van der Waals surface area contributed by atoms with Crippen molar-refractivity contribution in [2.75, 3.05) is 0 Å². The fourth-order valence-electron chi connectivity index (χ4n) is 3.25. The Morgan fingerprint density at radius 3 is 1.91 bits per heavy atom. The van der Waals surface area contributed by atoms with Crippen molar-refractivity contribution in [2.24, 2.45) is 5.34 Å². The average molecular weight is 322 g/mol. The molecule has 0 unspecified atom stereocenters. The zero-order valence-corrected chi connectivity index (χ0v) is 14.5. The molecule has 0 atom stereocenters. The van der Waals surface area contributed by atoms with Crippen molar-refractivity contribution in [1.29, 1.82) is 0 Å². The third-order valence-electron chi connectivity index (χ3n) is 4.47. The summed E-state index contributed by atoms with van der Waals surface area (Å²) in [6.07, 6.45) is 16.1. The first kappa shape index (κ1) is 19.6. The monoisotopic (exact) mass is 322 g/mol. The van der Waals surface area contributed by atoms with Gasteiger partial charge in [-0.15, -0.1) is 10.6 Å². The Bertz CT molecular complexity index is 400. The zero-order chi connectivity index (χ0) is 16.9. The van der Waals surface area contributed by atoms with Gasteiger partial charge in [-0.1, -0.05) is 38.5 Å². The van der Waals surface area contributed by atoms with E-state index in [2.05, 4.69) is 15.9 Å². The van der Waals surface area contributed by atoms with Gasteiger partial charge in [-0.05, 0) is 45.6 Å². The molecule has 0 spiro atoms. The first-order chi connectivity index (χ1) is 11.2. The minimum Gasteiger partial charge on any atom is -0.311 e. The van der Waals surface area contributed by atoms with Crippen LogP contribution in [0.15, 0.2) is 22.7 Å². The minimum absolute atomic E-state index is 0.224.